The molecule has 0 saturated carbocycles. The molecule has 110 valence electrons. The minimum Gasteiger partial charge on any atom is -0.381 e. The first kappa shape index (κ1) is 15.7. The highest BCUT2D eigenvalue weighted by Crippen LogP contribution is 2.39. The van der Waals surface area contributed by atoms with Crippen LogP contribution < -0.4 is 4.90 Å². The second kappa shape index (κ2) is 7.34. The zero-order chi connectivity index (χ0) is 14.5. The fraction of sp³-hybridized carbons (Fsp3) is 0.533. The van der Waals surface area contributed by atoms with Crippen molar-refractivity contribution < 1.29 is 9.53 Å². The molecule has 0 aromatic heterocycles. The van der Waals surface area contributed by atoms with Crippen LogP contribution in [-0.2, 0) is 9.53 Å². The molecule has 1 atom stereocenters. The van der Waals surface area contributed by atoms with Crippen molar-refractivity contribution in [2.75, 3.05) is 24.7 Å². The number of fused-ring (bicyclic) bond motifs is 1. The second-order valence-electron chi connectivity index (χ2n) is 4.82. The number of hydrogen-bond donors (Lipinski definition) is 0. The van der Waals surface area contributed by atoms with Crippen LogP contribution in [0.3, 0.4) is 0 Å². The molecule has 2 rings (SSSR count). The highest BCUT2D eigenvalue weighted by Gasteiger charge is 2.24. The van der Waals surface area contributed by atoms with Crippen LogP contribution in [0.1, 0.15) is 26.7 Å². The molecule has 0 spiro atoms. The number of thioether (sulfide) groups is 1. The summed E-state index contributed by atoms with van der Waals surface area (Å²) >= 11 is 7.90. The Labute approximate surface area is 129 Å². The number of hydrogen-bond acceptors (Lipinski definition) is 3. The van der Waals surface area contributed by atoms with E-state index in [1.54, 1.807) is 0 Å². The van der Waals surface area contributed by atoms with Gasteiger partial charge in [-0.1, -0.05) is 18.5 Å². The molecule has 0 radical (unpaired) electrons. The van der Waals surface area contributed by atoms with Crippen molar-refractivity contribution in [3.8, 4) is 0 Å². The Balaban J connectivity index is 2.20. The number of amides is 1. The van der Waals surface area contributed by atoms with Gasteiger partial charge in [-0.15, -0.1) is 11.8 Å². The van der Waals surface area contributed by atoms with E-state index in [0.29, 0.717) is 29.9 Å². The summed E-state index contributed by atoms with van der Waals surface area (Å²) in [6.07, 6.45) is 1.40. The number of carbonyl (C=O) groups is 1. The summed E-state index contributed by atoms with van der Waals surface area (Å²) < 4.78 is 5.28. The lowest BCUT2D eigenvalue weighted by Crippen LogP contribution is -2.32. The normalized spacial score (nSPS) is 18.6. The summed E-state index contributed by atoms with van der Waals surface area (Å²) in [5, 5.41) is 1.17. The van der Waals surface area contributed by atoms with Gasteiger partial charge in [-0.05, 0) is 31.5 Å². The molecule has 1 aromatic carbocycles. The zero-order valence-corrected chi connectivity index (χ0v) is 13.5. The highest BCUT2D eigenvalue weighted by atomic mass is 35.5. The lowest BCUT2D eigenvalue weighted by Gasteiger charge is -2.22. The van der Waals surface area contributed by atoms with Crippen LogP contribution in [-0.4, -0.2) is 30.9 Å². The fourth-order valence-corrected chi connectivity index (χ4v) is 3.47. The second-order valence-corrected chi connectivity index (χ2v) is 6.74. The highest BCUT2D eigenvalue weighted by molar-refractivity contribution is 8.00. The van der Waals surface area contributed by atoms with Crippen molar-refractivity contribution in [2.24, 2.45) is 0 Å². The number of halogens is 1. The van der Waals surface area contributed by atoms with Crippen molar-refractivity contribution in [3.05, 3.63) is 23.2 Å². The van der Waals surface area contributed by atoms with Crippen LogP contribution in [0.4, 0.5) is 5.69 Å². The van der Waals surface area contributed by atoms with Gasteiger partial charge in [0.1, 0.15) is 0 Å². The Hall–Kier alpha value is -0.710. The smallest absolute Gasteiger partial charge is 0.229 e. The molecule has 0 bridgehead atoms. The summed E-state index contributed by atoms with van der Waals surface area (Å²) in [4.78, 5) is 15.4. The van der Waals surface area contributed by atoms with Crippen molar-refractivity contribution in [1.29, 1.82) is 0 Å². The predicted molar refractivity (Wildman–Crippen MR) is 84.9 cm³/mol. The molecular formula is C15H20ClNO2S. The summed E-state index contributed by atoms with van der Waals surface area (Å²) in [5.41, 5.74) is 0.938. The number of benzene rings is 1. The molecule has 1 heterocycles. The van der Waals surface area contributed by atoms with Crippen molar-refractivity contribution >= 4 is 35.0 Å². The maximum absolute atomic E-state index is 12.4. The van der Waals surface area contributed by atoms with E-state index in [1.807, 2.05) is 41.8 Å². The molecule has 1 amide bonds. The maximum atomic E-state index is 12.4. The van der Waals surface area contributed by atoms with Crippen molar-refractivity contribution in [3.63, 3.8) is 0 Å². The molecule has 20 heavy (non-hydrogen) atoms. The van der Waals surface area contributed by atoms with Gasteiger partial charge in [-0.3, -0.25) is 4.79 Å². The zero-order valence-electron chi connectivity index (χ0n) is 11.9. The number of ether oxygens (including phenoxy) is 1. The molecule has 3 nitrogen and oxygen atoms in total. The molecule has 5 heteroatoms. The third kappa shape index (κ3) is 3.90. The van der Waals surface area contributed by atoms with E-state index < -0.39 is 0 Å². The summed E-state index contributed by atoms with van der Waals surface area (Å²) in [6.45, 7) is 5.99. The monoisotopic (exact) mass is 313 g/mol. The lowest BCUT2D eigenvalue weighted by molar-refractivity contribution is -0.119. The molecule has 0 fully saturated rings. The predicted octanol–water partition coefficient (Wildman–Crippen LogP) is 3.98. The van der Waals surface area contributed by atoms with Crippen molar-refractivity contribution in [1.82, 2.24) is 0 Å². The van der Waals surface area contributed by atoms with Crippen LogP contribution in [0.25, 0.3) is 0 Å². The quantitative estimate of drug-likeness (QED) is 0.787. The van der Waals surface area contributed by atoms with E-state index in [1.165, 1.54) is 0 Å². The molecule has 0 aliphatic carbocycles. The van der Waals surface area contributed by atoms with Gasteiger partial charge in [0, 0.05) is 28.3 Å². The van der Waals surface area contributed by atoms with E-state index >= 15 is 0 Å². The molecule has 1 aromatic rings. The number of carbonyl (C=O) groups excluding carboxylic acids is 1. The van der Waals surface area contributed by atoms with Gasteiger partial charge in [0.25, 0.3) is 0 Å². The average molecular weight is 314 g/mol. The first-order chi connectivity index (χ1) is 9.61. The average Bonchev–Trinajstić information content (AvgIpc) is 2.57. The number of rotatable bonds is 4. The van der Waals surface area contributed by atoms with Crippen LogP contribution in [0.5, 0.6) is 0 Å². The van der Waals surface area contributed by atoms with Crippen LogP contribution in [0.2, 0.25) is 5.02 Å². The Bertz CT molecular complexity index is 481. The number of nitrogens with zero attached hydrogens (tertiary/aromatic N) is 1. The van der Waals surface area contributed by atoms with E-state index in [-0.39, 0.29) is 5.91 Å². The van der Waals surface area contributed by atoms with Gasteiger partial charge in [0.15, 0.2) is 0 Å². The van der Waals surface area contributed by atoms with Gasteiger partial charge in [0.2, 0.25) is 5.91 Å². The minimum absolute atomic E-state index is 0.108. The topological polar surface area (TPSA) is 29.5 Å². The Morgan fingerprint density at radius 1 is 1.55 bits per heavy atom. The van der Waals surface area contributed by atoms with Crippen molar-refractivity contribution in [2.45, 2.75) is 36.8 Å². The first-order valence-electron chi connectivity index (χ1n) is 6.96. The van der Waals surface area contributed by atoms with E-state index in [9.17, 15) is 4.79 Å². The Morgan fingerprint density at radius 3 is 3.10 bits per heavy atom. The van der Waals surface area contributed by atoms with Gasteiger partial charge in [0.05, 0.1) is 18.7 Å². The SMILES string of the molecule is CCOCCC(=O)N1CCC(C)Sc2ccc(Cl)cc21. The minimum atomic E-state index is 0.108. The molecule has 1 unspecified atom stereocenters. The summed E-state index contributed by atoms with van der Waals surface area (Å²) in [6, 6.07) is 5.78. The fourth-order valence-electron chi connectivity index (χ4n) is 2.21. The maximum Gasteiger partial charge on any atom is 0.229 e. The Kier molecular flexibility index (Phi) is 5.75. The van der Waals surface area contributed by atoms with Crippen LogP contribution in [0.15, 0.2) is 23.1 Å². The molecular weight excluding hydrogens is 294 g/mol. The van der Waals surface area contributed by atoms with E-state index in [2.05, 4.69) is 6.92 Å². The third-order valence-corrected chi connectivity index (χ3v) is 4.74. The molecule has 0 saturated heterocycles. The largest absolute Gasteiger partial charge is 0.381 e. The molecule has 1 aliphatic rings. The standard InChI is InChI=1S/C15H20ClNO2S/c1-3-19-9-7-15(18)17-8-6-11(2)20-14-5-4-12(16)10-13(14)17/h4-5,10-11H,3,6-9H2,1-2H3. The summed E-state index contributed by atoms with van der Waals surface area (Å²) in [5.74, 6) is 0.108. The van der Waals surface area contributed by atoms with Crippen LogP contribution in [0, 0.1) is 0 Å². The third-order valence-electron chi connectivity index (χ3n) is 3.26. The first-order valence-corrected chi connectivity index (χ1v) is 8.22. The Morgan fingerprint density at radius 2 is 2.35 bits per heavy atom. The van der Waals surface area contributed by atoms with Gasteiger partial charge >= 0.3 is 0 Å². The van der Waals surface area contributed by atoms with Gasteiger partial charge in [-0.2, -0.15) is 0 Å². The molecule has 1 aliphatic heterocycles. The van der Waals surface area contributed by atoms with Gasteiger partial charge in [-0.25, -0.2) is 0 Å². The summed E-state index contributed by atoms with van der Waals surface area (Å²) in [7, 11) is 0. The van der Waals surface area contributed by atoms with Gasteiger partial charge < -0.3 is 9.64 Å². The van der Waals surface area contributed by atoms with Crippen LogP contribution >= 0.6 is 23.4 Å². The van der Waals surface area contributed by atoms with E-state index in [4.69, 9.17) is 16.3 Å². The lowest BCUT2D eigenvalue weighted by atomic mass is 10.2. The van der Waals surface area contributed by atoms with E-state index in [0.717, 1.165) is 23.5 Å². The number of anilines is 1. The molecule has 0 N–H and O–H groups in total.